The first-order valence-electron chi connectivity index (χ1n) is 11.3. The summed E-state index contributed by atoms with van der Waals surface area (Å²) in [6.07, 6.45) is 1.55. The maximum atomic E-state index is 14.3. The number of alkyl halides is 3. The largest absolute Gasteiger partial charge is 0.479 e. The van der Waals surface area contributed by atoms with Gasteiger partial charge in [-0.15, -0.1) is 10.2 Å². The molecule has 168 valence electrons. The fraction of sp³-hybridized carbons (Fsp3) is 0.400. The summed E-state index contributed by atoms with van der Waals surface area (Å²) in [5.41, 5.74) is 2.54. The Balaban J connectivity index is 1.60. The Labute approximate surface area is 185 Å². The van der Waals surface area contributed by atoms with Gasteiger partial charge < -0.3 is 10.1 Å². The average Bonchev–Trinajstić information content (AvgIpc) is 3.42. The quantitative estimate of drug-likeness (QED) is 0.484. The van der Waals surface area contributed by atoms with Crippen molar-refractivity contribution in [3.63, 3.8) is 0 Å². The number of nitrogens with one attached hydrogen (secondary N) is 1. The molecule has 1 N–H and O–H groups in total. The summed E-state index contributed by atoms with van der Waals surface area (Å²) in [4.78, 5) is 5.62. The molecule has 0 radical (unpaired) electrons. The maximum absolute atomic E-state index is 14.3. The molecule has 3 aromatic heterocycles. The van der Waals surface area contributed by atoms with Crippen molar-refractivity contribution in [2.45, 2.75) is 18.5 Å². The molecular formula is C20H21F3N8O. The number of anilines is 1. The molecule has 1 aromatic carbocycles. The van der Waals surface area contributed by atoms with Crippen LogP contribution >= 0.6 is 0 Å². The van der Waals surface area contributed by atoms with Crippen molar-refractivity contribution in [1.29, 1.82) is 0 Å². The second-order valence-electron chi connectivity index (χ2n) is 7.72. The minimum Gasteiger partial charge on any atom is -0.479 e. The average molecular weight is 449 g/mol. The molecule has 4 aromatic rings. The van der Waals surface area contributed by atoms with Crippen molar-refractivity contribution in [3.05, 3.63) is 30.5 Å². The number of rotatable bonds is 6. The Kier molecular flexibility index (Phi) is 4.09. The first kappa shape index (κ1) is 17.2. The number of ether oxygens (including phenoxy) is 1. The van der Waals surface area contributed by atoms with Crippen LogP contribution in [0.5, 0.6) is 5.88 Å². The molecule has 0 aliphatic carbocycles. The summed E-state index contributed by atoms with van der Waals surface area (Å²) in [7, 11) is -1.27. The number of aryl methyl sites for hydroxylation is 1. The summed E-state index contributed by atoms with van der Waals surface area (Å²) >= 11 is 0. The van der Waals surface area contributed by atoms with E-state index in [2.05, 4.69) is 25.7 Å². The number of hydrogen-bond donors (Lipinski definition) is 1. The van der Waals surface area contributed by atoms with E-state index in [4.69, 9.17) is 8.85 Å². The van der Waals surface area contributed by atoms with Gasteiger partial charge in [0.15, 0.2) is 0 Å². The van der Waals surface area contributed by atoms with Crippen molar-refractivity contribution >= 4 is 22.5 Å². The second kappa shape index (κ2) is 7.62. The minimum absolute atomic E-state index is 0.0308. The maximum Gasteiger partial charge on any atom is 0.281 e. The van der Waals surface area contributed by atoms with Crippen LogP contribution < -0.4 is 10.1 Å². The van der Waals surface area contributed by atoms with Gasteiger partial charge >= 0.3 is 0 Å². The van der Waals surface area contributed by atoms with Crippen LogP contribution in [0.15, 0.2) is 30.5 Å². The second-order valence-corrected chi connectivity index (χ2v) is 7.72. The molecule has 0 unspecified atom stereocenters. The number of likely N-dealkylation sites (tertiary alicyclic amines) is 1. The molecule has 0 spiro atoms. The lowest BCUT2D eigenvalue weighted by atomic mass is 10.1. The highest BCUT2D eigenvalue weighted by Gasteiger charge is 2.47. The Morgan fingerprint density at radius 3 is 2.97 bits per heavy atom. The fourth-order valence-corrected chi connectivity index (χ4v) is 4.02. The number of halogens is 3. The molecule has 0 amide bonds. The van der Waals surface area contributed by atoms with Crippen molar-refractivity contribution in [3.8, 4) is 17.0 Å². The van der Waals surface area contributed by atoms with Gasteiger partial charge in [0.05, 0.1) is 29.8 Å². The zero-order valence-electron chi connectivity index (χ0n) is 20.0. The highest BCUT2D eigenvalue weighted by atomic mass is 19.3. The molecule has 4 heterocycles. The predicted molar refractivity (Wildman–Crippen MR) is 112 cm³/mol. The molecule has 1 aliphatic heterocycles. The van der Waals surface area contributed by atoms with Gasteiger partial charge in [0.2, 0.25) is 11.8 Å². The zero-order valence-corrected chi connectivity index (χ0v) is 17.0. The van der Waals surface area contributed by atoms with Crippen LogP contribution in [-0.4, -0.2) is 80.3 Å². The van der Waals surface area contributed by atoms with Crippen LogP contribution in [0.4, 0.5) is 19.1 Å². The summed E-state index contributed by atoms with van der Waals surface area (Å²) in [5.74, 6) is -3.52. The zero-order chi connectivity index (χ0) is 25.0. The standard InChI is InChI=1S/C20H21F3N8O/c1-29-10-16(20(22,23)11-29)24-19-25-18(32-2)17-13(5-7-31(17)27-19)12-3-4-14-15(9-12)30(8-6-21)28-26-14/h3-5,7,9,16H,6,8,10-11H2,1-2H3,(H,24,27)/t16-/m1/s1/i2D3. The normalized spacial score (nSPS) is 20.4. The van der Waals surface area contributed by atoms with Gasteiger partial charge in [-0.3, -0.25) is 4.90 Å². The molecule has 0 bridgehead atoms. The SMILES string of the molecule is [2H]C([2H])([2H])Oc1nc(N[C@@H]2CN(C)CC2(F)F)nn2ccc(-c3ccc4nnn(CCF)c4c3)c12. The molecular weight excluding hydrogens is 425 g/mol. The molecule has 1 saturated heterocycles. The van der Waals surface area contributed by atoms with Gasteiger partial charge in [-0.2, -0.15) is 4.98 Å². The van der Waals surface area contributed by atoms with Gasteiger partial charge in [0.25, 0.3) is 5.92 Å². The topological polar surface area (TPSA) is 85.4 Å². The molecule has 12 heteroatoms. The summed E-state index contributed by atoms with van der Waals surface area (Å²) < 4.78 is 72.1. The van der Waals surface area contributed by atoms with Gasteiger partial charge in [-0.25, -0.2) is 22.4 Å². The Hall–Kier alpha value is -3.41. The van der Waals surface area contributed by atoms with Crippen molar-refractivity contribution < 1.29 is 22.0 Å². The molecule has 32 heavy (non-hydrogen) atoms. The number of hydrogen-bond acceptors (Lipinski definition) is 7. The molecule has 0 saturated carbocycles. The van der Waals surface area contributed by atoms with Gasteiger partial charge in [0, 0.05) is 18.3 Å². The fourth-order valence-electron chi connectivity index (χ4n) is 4.02. The highest BCUT2D eigenvalue weighted by Crippen LogP contribution is 2.34. The van der Waals surface area contributed by atoms with E-state index in [0.717, 1.165) is 0 Å². The molecule has 1 aliphatic rings. The predicted octanol–water partition coefficient (Wildman–Crippen LogP) is 2.48. The van der Waals surface area contributed by atoms with E-state index >= 15 is 0 Å². The summed E-state index contributed by atoms with van der Waals surface area (Å²) in [6, 6.07) is 5.59. The Bertz CT molecular complexity index is 1390. The third-order valence-corrected chi connectivity index (χ3v) is 5.49. The van der Waals surface area contributed by atoms with Crippen LogP contribution in [0, 0.1) is 0 Å². The Morgan fingerprint density at radius 1 is 1.34 bits per heavy atom. The van der Waals surface area contributed by atoms with E-state index in [1.54, 1.807) is 37.5 Å². The molecule has 1 fully saturated rings. The van der Waals surface area contributed by atoms with Crippen LogP contribution in [0.3, 0.4) is 0 Å². The van der Waals surface area contributed by atoms with Crippen LogP contribution in [0.1, 0.15) is 4.11 Å². The smallest absolute Gasteiger partial charge is 0.281 e. The van der Waals surface area contributed by atoms with E-state index in [0.29, 0.717) is 22.2 Å². The number of nitrogens with zero attached hydrogens (tertiary/aromatic N) is 7. The highest BCUT2D eigenvalue weighted by molar-refractivity contribution is 5.89. The minimum atomic E-state index is -3.02. The number of likely N-dealkylation sites (N-methyl/N-ethyl adjacent to an activating group) is 1. The van der Waals surface area contributed by atoms with Crippen molar-refractivity contribution in [2.24, 2.45) is 0 Å². The lowest BCUT2D eigenvalue weighted by Gasteiger charge is -2.19. The molecule has 5 rings (SSSR count). The summed E-state index contributed by atoms with van der Waals surface area (Å²) in [6.45, 7) is -0.951. The Morgan fingerprint density at radius 2 is 2.22 bits per heavy atom. The van der Waals surface area contributed by atoms with E-state index in [9.17, 15) is 13.2 Å². The van der Waals surface area contributed by atoms with E-state index in [1.165, 1.54) is 14.1 Å². The van der Waals surface area contributed by atoms with Gasteiger partial charge in [-0.05, 0) is 30.8 Å². The first-order valence-corrected chi connectivity index (χ1v) is 9.85. The van der Waals surface area contributed by atoms with E-state index in [-0.39, 0.29) is 30.4 Å². The van der Waals surface area contributed by atoms with E-state index in [1.807, 2.05) is 0 Å². The number of aromatic nitrogens is 6. The lowest BCUT2D eigenvalue weighted by molar-refractivity contribution is 0.00583. The lowest BCUT2D eigenvalue weighted by Crippen LogP contribution is -2.38. The number of methoxy groups -OCH3 is 1. The third kappa shape index (κ3) is 3.40. The molecule has 1 atom stereocenters. The van der Waals surface area contributed by atoms with Crippen LogP contribution in [0.25, 0.3) is 27.7 Å². The summed E-state index contributed by atoms with van der Waals surface area (Å²) in [5, 5.41) is 14.8. The monoisotopic (exact) mass is 449 g/mol. The van der Waals surface area contributed by atoms with Crippen molar-refractivity contribution in [2.75, 3.05) is 39.2 Å². The van der Waals surface area contributed by atoms with Gasteiger partial charge in [-0.1, -0.05) is 11.3 Å². The molecule has 9 nitrogen and oxygen atoms in total. The van der Waals surface area contributed by atoms with Crippen molar-refractivity contribution in [1.82, 2.24) is 34.5 Å². The van der Waals surface area contributed by atoms with E-state index < -0.39 is 32.2 Å². The van der Waals surface area contributed by atoms with Crippen LogP contribution in [-0.2, 0) is 6.54 Å². The van der Waals surface area contributed by atoms with Gasteiger partial charge in [0.1, 0.15) is 23.7 Å². The number of benzene rings is 1. The number of fused-ring (bicyclic) bond motifs is 2. The first-order chi connectivity index (χ1) is 16.5. The third-order valence-electron chi connectivity index (χ3n) is 5.49. The van der Waals surface area contributed by atoms with Crippen LogP contribution in [0.2, 0.25) is 0 Å².